The Hall–Kier alpha value is -3.47. The third-order valence-corrected chi connectivity index (χ3v) is 5.77. The largest absolute Gasteiger partial charge is 0.451 e. The summed E-state index contributed by atoms with van der Waals surface area (Å²) in [5.41, 5.74) is 10.1. The number of aromatic nitrogens is 1. The quantitative estimate of drug-likeness (QED) is 0.509. The van der Waals surface area contributed by atoms with E-state index in [1.807, 2.05) is 42.6 Å². The van der Waals surface area contributed by atoms with Crippen LogP contribution in [0.5, 0.6) is 0 Å². The van der Waals surface area contributed by atoms with Gasteiger partial charge >= 0.3 is 0 Å². The maximum Gasteiger partial charge on any atom is 0.284 e. The van der Waals surface area contributed by atoms with E-state index in [1.54, 1.807) is 6.07 Å². The van der Waals surface area contributed by atoms with E-state index in [1.165, 1.54) is 5.56 Å². The van der Waals surface area contributed by atoms with Crippen LogP contribution in [0.4, 0.5) is 5.69 Å². The Bertz CT molecular complexity index is 1290. The predicted molar refractivity (Wildman–Crippen MR) is 122 cm³/mol. The molecule has 1 aliphatic heterocycles. The van der Waals surface area contributed by atoms with E-state index < -0.39 is 5.91 Å². The number of nitrogens with two attached hydrogens (primary N) is 1. The number of nitrogens with one attached hydrogen (secondary N) is 1. The van der Waals surface area contributed by atoms with Crippen LogP contribution in [0.25, 0.3) is 21.9 Å². The summed E-state index contributed by atoms with van der Waals surface area (Å²) >= 11 is 0. The second kappa shape index (κ2) is 8.34. The predicted octanol–water partition coefficient (Wildman–Crippen LogP) is 3.63. The van der Waals surface area contributed by atoms with E-state index in [0.717, 1.165) is 54.7 Å². The van der Waals surface area contributed by atoms with Crippen LogP contribution in [-0.4, -0.2) is 42.0 Å². The number of halogens is 1. The number of hydrogen-bond donors (Lipinski definition) is 2. The van der Waals surface area contributed by atoms with Crippen molar-refractivity contribution in [2.24, 2.45) is 5.73 Å². The molecule has 0 radical (unpaired) electrons. The molecule has 1 saturated heterocycles. The van der Waals surface area contributed by atoms with Crippen molar-refractivity contribution in [2.45, 2.75) is 6.54 Å². The van der Waals surface area contributed by atoms with Crippen LogP contribution in [0.1, 0.15) is 21.7 Å². The van der Waals surface area contributed by atoms with Crippen molar-refractivity contribution in [1.29, 1.82) is 5.26 Å². The molecular weight excluding hydrogens is 414 g/mol. The SMILES string of the molecule is Cl.N#Cc1ccc2[nH]cc(CN3CCN(c4ccc5oc(C(N)=O)cc5c4)CC3)c2c1. The molecule has 31 heavy (non-hydrogen) atoms. The van der Waals surface area contributed by atoms with Crippen LogP contribution in [-0.2, 0) is 6.54 Å². The van der Waals surface area contributed by atoms with Gasteiger partial charge in [0, 0.05) is 60.9 Å². The van der Waals surface area contributed by atoms with Crippen molar-refractivity contribution in [3.05, 3.63) is 65.5 Å². The highest BCUT2D eigenvalue weighted by Gasteiger charge is 2.19. The molecule has 0 aliphatic carbocycles. The van der Waals surface area contributed by atoms with E-state index >= 15 is 0 Å². The van der Waals surface area contributed by atoms with Gasteiger partial charge in [0.2, 0.25) is 0 Å². The maximum absolute atomic E-state index is 11.3. The molecule has 158 valence electrons. The molecule has 7 nitrogen and oxygen atoms in total. The minimum atomic E-state index is -0.555. The number of fused-ring (bicyclic) bond motifs is 2. The van der Waals surface area contributed by atoms with Gasteiger partial charge in [-0.05, 0) is 48.0 Å². The Morgan fingerprint density at radius 1 is 1.13 bits per heavy atom. The van der Waals surface area contributed by atoms with Gasteiger partial charge < -0.3 is 20.0 Å². The molecule has 2 aromatic carbocycles. The first kappa shape index (κ1) is 20.8. The van der Waals surface area contributed by atoms with Gasteiger partial charge in [-0.3, -0.25) is 9.69 Å². The zero-order chi connectivity index (χ0) is 20.7. The average Bonchev–Trinajstić information content (AvgIpc) is 3.37. The number of rotatable bonds is 4. The number of carbonyl (C=O) groups excluding carboxylic acids is 1. The van der Waals surface area contributed by atoms with Crippen molar-refractivity contribution in [2.75, 3.05) is 31.1 Å². The summed E-state index contributed by atoms with van der Waals surface area (Å²) in [6, 6.07) is 15.6. The Morgan fingerprint density at radius 2 is 1.94 bits per heavy atom. The van der Waals surface area contributed by atoms with E-state index in [-0.39, 0.29) is 18.2 Å². The maximum atomic E-state index is 11.3. The molecule has 1 aliphatic rings. The van der Waals surface area contributed by atoms with Crippen LogP contribution < -0.4 is 10.6 Å². The molecule has 8 heteroatoms. The van der Waals surface area contributed by atoms with Gasteiger partial charge in [-0.25, -0.2) is 0 Å². The number of benzene rings is 2. The highest BCUT2D eigenvalue weighted by Crippen LogP contribution is 2.27. The van der Waals surface area contributed by atoms with Crippen LogP contribution in [0, 0.1) is 11.3 Å². The second-order valence-corrected chi connectivity index (χ2v) is 7.65. The summed E-state index contributed by atoms with van der Waals surface area (Å²) in [6.45, 7) is 4.57. The number of furan rings is 1. The molecular formula is C23H22ClN5O2. The summed E-state index contributed by atoms with van der Waals surface area (Å²) in [5.74, 6) is -0.370. The third-order valence-electron chi connectivity index (χ3n) is 5.77. The molecule has 2 aromatic heterocycles. The highest BCUT2D eigenvalue weighted by atomic mass is 35.5. The third kappa shape index (κ3) is 3.96. The number of carbonyl (C=O) groups is 1. The van der Waals surface area contributed by atoms with Gasteiger partial charge in [-0.2, -0.15) is 5.26 Å². The molecule has 0 spiro atoms. The number of hydrogen-bond acceptors (Lipinski definition) is 5. The fourth-order valence-electron chi connectivity index (χ4n) is 4.13. The standard InChI is InChI=1S/C23H21N5O2.ClH/c24-12-15-1-3-20-19(9-15)17(13-26-20)14-27-5-7-28(8-6-27)18-2-4-21-16(10-18)11-22(30-21)23(25)29;/h1-4,9-11,13,26H,5-8,14H2,(H2,25,29);1H. The first-order valence-electron chi connectivity index (χ1n) is 9.91. The molecule has 0 unspecified atom stereocenters. The van der Waals surface area contributed by atoms with Gasteiger partial charge in [-0.15, -0.1) is 12.4 Å². The van der Waals surface area contributed by atoms with E-state index in [2.05, 4.69) is 20.9 Å². The molecule has 5 rings (SSSR count). The minimum Gasteiger partial charge on any atom is -0.451 e. The van der Waals surface area contributed by atoms with E-state index in [4.69, 9.17) is 10.2 Å². The lowest BCUT2D eigenvalue weighted by atomic mass is 10.1. The summed E-state index contributed by atoms with van der Waals surface area (Å²) in [7, 11) is 0. The van der Waals surface area contributed by atoms with E-state index in [9.17, 15) is 10.1 Å². The summed E-state index contributed by atoms with van der Waals surface area (Å²) < 4.78 is 5.47. The van der Waals surface area contributed by atoms with Crippen LogP contribution >= 0.6 is 12.4 Å². The number of amides is 1. The Kier molecular flexibility index (Phi) is 5.59. The number of nitriles is 1. The number of anilines is 1. The highest BCUT2D eigenvalue weighted by molar-refractivity contribution is 5.95. The molecule has 0 bridgehead atoms. The van der Waals surface area contributed by atoms with Crippen molar-refractivity contribution in [3.8, 4) is 6.07 Å². The fraction of sp³-hybridized carbons (Fsp3) is 0.217. The lowest BCUT2D eigenvalue weighted by Crippen LogP contribution is -2.45. The molecule has 0 atom stereocenters. The van der Waals surface area contributed by atoms with Gasteiger partial charge in [-0.1, -0.05) is 0 Å². The first-order valence-corrected chi connectivity index (χ1v) is 9.91. The van der Waals surface area contributed by atoms with Crippen molar-refractivity contribution < 1.29 is 9.21 Å². The lowest BCUT2D eigenvalue weighted by Gasteiger charge is -2.36. The average molecular weight is 436 g/mol. The van der Waals surface area contributed by atoms with Gasteiger partial charge in [0.05, 0.1) is 11.6 Å². The Labute approximate surface area is 185 Å². The van der Waals surface area contributed by atoms with Gasteiger partial charge in [0.1, 0.15) is 5.58 Å². The van der Waals surface area contributed by atoms with Crippen molar-refractivity contribution in [1.82, 2.24) is 9.88 Å². The van der Waals surface area contributed by atoms with Gasteiger partial charge in [0.25, 0.3) is 5.91 Å². The molecule has 3 N–H and O–H groups in total. The number of H-pyrrole nitrogens is 1. The molecule has 4 aromatic rings. The minimum absolute atomic E-state index is 0. The summed E-state index contributed by atoms with van der Waals surface area (Å²) in [6.07, 6.45) is 2.04. The second-order valence-electron chi connectivity index (χ2n) is 7.65. The Morgan fingerprint density at radius 3 is 2.68 bits per heavy atom. The zero-order valence-corrected chi connectivity index (χ0v) is 17.6. The van der Waals surface area contributed by atoms with E-state index in [0.29, 0.717) is 11.1 Å². The monoisotopic (exact) mass is 435 g/mol. The number of nitrogens with zero attached hydrogens (tertiary/aromatic N) is 3. The van der Waals surface area contributed by atoms with Crippen LogP contribution in [0.15, 0.2) is 53.1 Å². The molecule has 0 saturated carbocycles. The number of piperazine rings is 1. The zero-order valence-electron chi connectivity index (χ0n) is 16.8. The normalized spacial score (nSPS) is 14.5. The Balaban J connectivity index is 0.00000231. The molecule has 1 amide bonds. The molecule has 1 fully saturated rings. The lowest BCUT2D eigenvalue weighted by molar-refractivity contribution is 0.0976. The summed E-state index contributed by atoms with van der Waals surface area (Å²) in [4.78, 5) is 19.4. The first-order chi connectivity index (χ1) is 14.6. The van der Waals surface area contributed by atoms with Crippen molar-refractivity contribution >= 4 is 45.9 Å². The topological polar surface area (TPSA) is 102 Å². The molecule has 3 heterocycles. The van der Waals surface area contributed by atoms with Gasteiger partial charge in [0.15, 0.2) is 5.76 Å². The van der Waals surface area contributed by atoms with Crippen LogP contribution in [0.2, 0.25) is 0 Å². The number of aromatic amines is 1. The smallest absolute Gasteiger partial charge is 0.284 e. The summed E-state index contributed by atoms with van der Waals surface area (Å²) in [5, 5.41) is 11.2. The van der Waals surface area contributed by atoms with Crippen molar-refractivity contribution in [3.63, 3.8) is 0 Å². The number of primary amides is 1. The fourth-order valence-corrected chi connectivity index (χ4v) is 4.13. The van der Waals surface area contributed by atoms with Crippen LogP contribution in [0.3, 0.4) is 0 Å².